The monoisotopic (exact) mass is 249 g/mol. The van der Waals surface area contributed by atoms with Crippen LogP contribution >= 0.6 is 0 Å². The zero-order valence-electron chi connectivity index (χ0n) is 11.8. The van der Waals surface area contributed by atoms with Crippen LogP contribution in [-0.4, -0.2) is 13.9 Å². The number of hydrogen-bond donors (Lipinski definition) is 0. The average Bonchev–Trinajstić information content (AvgIpc) is 2.36. The molecule has 0 unspecified atom stereocenters. The molecule has 3 heteroatoms. The fourth-order valence-corrected chi connectivity index (χ4v) is 2.46. The van der Waals surface area contributed by atoms with E-state index in [1.165, 1.54) is 16.7 Å². The maximum Gasteiger partial charge on any atom is 0.188 e. The predicted octanol–water partition coefficient (Wildman–Crippen LogP) is 3.47. The molecule has 3 nitrogen and oxygen atoms in total. The Hall–Kier alpha value is -1.22. The molecule has 0 bridgehead atoms. The van der Waals surface area contributed by atoms with Crippen molar-refractivity contribution in [2.75, 3.05) is 13.9 Å². The maximum absolute atomic E-state index is 5.91. The molecule has 1 aliphatic rings. The molecule has 0 saturated heterocycles. The summed E-state index contributed by atoms with van der Waals surface area (Å²) in [4.78, 5) is 0. The van der Waals surface area contributed by atoms with Gasteiger partial charge in [-0.15, -0.1) is 0 Å². The predicted molar refractivity (Wildman–Crippen MR) is 71.0 cm³/mol. The molecule has 2 rings (SSSR count). The van der Waals surface area contributed by atoms with Gasteiger partial charge < -0.3 is 14.2 Å². The lowest BCUT2D eigenvalue weighted by molar-refractivity contribution is 0.0499. The molecule has 1 aromatic carbocycles. The minimum Gasteiger partial charge on any atom is -0.483 e. The molecule has 0 fully saturated rings. The highest BCUT2D eigenvalue weighted by molar-refractivity contribution is 5.59. The summed E-state index contributed by atoms with van der Waals surface area (Å²) in [5, 5.41) is 0. The molecule has 0 N–H and O–H groups in total. The maximum atomic E-state index is 5.91. The molecule has 99 valence electrons. The molecule has 0 aliphatic carbocycles. The van der Waals surface area contributed by atoms with Gasteiger partial charge in [0, 0.05) is 12.7 Å². The lowest BCUT2D eigenvalue weighted by Gasteiger charge is -2.28. The van der Waals surface area contributed by atoms with Gasteiger partial charge in [-0.05, 0) is 57.2 Å². The van der Waals surface area contributed by atoms with E-state index < -0.39 is 0 Å². The third-order valence-electron chi connectivity index (χ3n) is 3.64. The van der Waals surface area contributed by atoms with Gasteiger partial charge >= 0.3 is 0 Å². The van der Waals surface area contributed by atoms with Crippen molar-refractivity contribution in [2.24, 2.45) is 0 Å². The Balaban J connectivity index is 2.48. The summed E-state index contributed by atoms with van der Waals surface area (Å²) in [6.07, 6.45) is 3.10. The van der Waals surface area contributed by atoms with Crippen molar-refractivity contribution in [1.82, 2.24) is 0 Å². The Kier molecular flexibility index (Phi) is 3.81. The van der Waals surface area contributed by atoms with Gasteiger partial charge in [0.05, 0.1) is 0 Å². The van der Waals surface area contributed by atoms with E-state index in [4.69, 9.17) is 14.2 Å². The van der Waals surface area contributed by atoms with Gasteiger partial charge in [0.1, 0.15) is 17.6 Å². The zero-order valence-corrected chi connectivity index (χ0v) is 11.8. The molecule has 0 saturated carbocycles. The van der Waals surface area contributed by atoms with E-state index in [-0.39, 0.29) is 6.79 Å². The van der Waals surface area contributed by atoms with Crippen molar-refractivity contribution < 1.29 is 14.2 Å². The third-order valence-corrected chi connectivity index (χ3v) is 3.64. The minimum absolute atomic E-state index is 0.284. The van der Waals surface area contributed by atoms with Crippen molar-refractivity contribution in [2.45, 2.75) is 40.5 Å². The van der Waals surface area contributed by atoms with E-state index in [1.807, 2.05) is 6.92 Å². The lowest BCUT2D eigenvalue weighted by Crippen LogP contribution is -2.16. The van der Waals surface area contributed by atoms with Gasteiger partial charge in [0.15, 0.2) is 6.79 Å². The lowest BCUT2D eigenvalue weighted by atomic mass is 9.92. The number of benzene rings is 1. The molecular formula is C15H21O3. The SMILES string of the molecule is COCOc1c(C)c(C)c2c(c1C)CC[C](C)O2. The highest BCUT2D eigenvalue weighted by Crippen LogP contribution is 2.42. The summed E-state index contributed by atoms with van der Waals surface area (Å²) in [7, 11) is 1.64. The van der Waals surface area contributed by atoms with Crippen LogP contribution in [0.4, 0.5) is 0 Å². The van der Waals surface area contributed by atoms with Crippen LogP contribution in [0.1, 0.15) is 35.6 Å². The second-order valence-corrected chi connectivity index (χ2v) is 4.87. The molecule has 1 aromatic rings. The number of fused-ring (bicyclic) bond motifs is 1. The molecule has 1 radical (unpaired) electrons. The van der Waals surface area contributed by atoms with Gasteiger partial charge in [-0.2, -0.15) is 0 Å². The summed E-state index contributed by atoms with van der Waals surface area (Å²) in [6.45, 7) is 8.58. The van der Waals surface area contributed by atoms with E-state index >= 15 is 0 Å². The van der Waals surface area contributed by atoms with Crippen molar-refractivity contribution in [1.29, 1.82) is 0 Å². The quantitative estimate of drug-likeness (QED) is 0.768. The van der Waals surface area contributed by atoms with Crippen molar-refractivity contribution in [3.63, 3.8) is 0 Å². The minimum atomic E-state index is 0.284. The van der Waals surface area contributed by atoms with Crippen LogP contribution in [0.5, 0.6) is 11.5 Å². The fourth-order valence-electron chi connectivity index (χ4n) is 2.46. The first-order chi connectivity index (χ1) is 8.56. The molecule has 1 aliphatic heterocycles. The van der Waals surface area contributed by atoms with Gasteiger partial charge in [0.25, 0.3) is 0 Å². The van der Waals surface area contributed by atoms with Crippen LogP contribution in [0.15, 0.2) is 0 Å². The first kappa shape index (κ1) is 13.2. The Morgan fingerprint density at radius 3 is 2.39 bits per heavy atom. The Labute approximate surface area is 109 Å². The molecular weight excluding hydrogens is 228 g/mol. The summed E-state index contributed by atoms with van der Waals surface area (Å²) >= 11 is 0. The molecule has 18 heavy (non-hydrogen) atoms. The summed E-state index contributed by atoms with van der Waals surface area (Å²) in [5.41, 5.74) is 4.76. The topological polar surface area (TPSA) is 27.7 Å². The van der Waals surface area contributed by atoms with E-state index in [2.05, 4.69) is 20.8 Å². The van der Waals surface area contributed by atoms with Crippen molar-refractivity contribution in [3.05, 3.63) is 28.4 Å². The highest BCUT2D eigenvalue weighted by Gasteiger charge is 2.25. The van der Waals surface area contributed by atoms with E-state index in [0.717, 1.165) is 36.0 Å². The van der Waals surface area contributed by atoms with Gasteiger partial charge in [0.2, 0.25) is 0 Å². The smallest absolute Gasteiger partial charge is 0.188 e. The molecule has 0 amide bonds. The largest absolute Gasteiger partial charge is 0.483 e. The first-order valence-corrected chi connectivity index (χ1v) is 6.31. The Bertz CT molecular complexity index is 452. The second kappa shape index (κ2) is 5.19. The fraction of sp³-hybridized carbons (Fsp3) is 0.533. The Morgan fingerprint density at radius 2 is 1.72 bits per heavy atom. The normalized spacial score (nSPS) is 15.2. The van der Waals surface area contributed by atoms with Crippen LogP contribution in [0, 0.1) is 26.9 Å². The summed E-state index contributed by atoms with van der Waals surface area (Å²) in [5.74, 6) is 1.97. The van der Waals surface area contributed by atoms with E-state index in [1.54, 1.807) is 7.11 Å². The van der Waals surface area contributed by atoms with Crippen LogP contribution in [0.25, 0.3) is 0 Å². The van der Waals surface area contributed by atoms with Gasteiger partial charge in [-0.25, -0.2) is 0 Å². The first-order valence-electron chi connectivity index (χ1n) is 6.31. The van der Waals surface area contributed by atoms with E-state index in [9.17, 15) is 0 Å². The van der Waals surface area contributed by atoms with Crippen LogP contribution in [-0.2, 0) is 11.2 Å². The van der Waals surface area contributed by atoms with Crippen molar-refractivity contribution >= 4 is 0 Å². The molecule has 1 heterocycles. The third kappa shape index (κ3) is 2.19. The van der Waals surface area contributed by atoms with Crippen molar-refractivity contribution in [3.8, 4) is 11.5 Å². The molecule has 0 spiro atoms. The number of hydrogen-bond acceptors (Lipinski definition) is 3. The second-order valence-electron chi connectivity index (χ2n) is 4.87. The number of rotatable bonds is 3. The van der Waals surface area contributed by atoms with E-state index in [0.29, 0.717) is 0 Å². The summed E-state index contributed by atoms with van der Waals surface area (Å²) < 4.78 is 16.6. The van der Waals surface area contributed by atoms with Gasteiger partial charge in [-0.3, -0.25) is 0 Å². The number of ether oxygens (including phenoxy) is 3. The van der Waals surface area contributed by atoms with Crippen LogP contribution in [0.3, 0.4) is 0 Å². The van der Waals surface area contributed by atoms with Gasteiger partial charge in [-0.1, -0.05) is 0 Å². The standard InChI is InChI=1S/C15H21O3/c1-9-6-7-13-12(4)14(17-8-16-5)10(2)11(3)15(13)18-9/h6-8H2,1-5H3. The van der Waals surface area contributed by atoms with Crippen LogP contribution < -0.4 is 9.47 Å². The zero-order chi connectivity index (χ0) is 13.3. The molecule has 0 atom stereocenters. The highest BCUT2D eigenvalue weighted by atomic mass is 16.7. The molecule has 0 aromatic heterocycles. The summed E-state index contributed by atoms with van der Waals surface area (Å²) in [6, 6.07) is 0. The Morgan fingerprint density at radius 1 is 1.00 bits per heavy atom. The van der Waals surface area contributed by atoms with Crippen LogP contribution in [0.2, 0.25) is 0 Å². The average molecular weight is 249 g/mol. The number of methoxy groups -OCH3 is 1.